The van der Waals surface area contributed by atoms with Crippen molar-refractivity contribution in [3.05, 3.63) is 29.8 Å². The monoisotopic (exact) mass is 192 g/mol. The summed E-state index contributed by atoms with van der Waals surface area (Å²) in [5, 5.41) is 9.81. The van der Waals surface area contributed by atoms with Crippen LogP contribution in [0.25, 0.3) is 0 Å². The SMILES string of the molecule is COc1ccccc1[C@@H]1CCC[C@@H]1O. The van der Waals surface area contributed by atoms with E-state index in [9.17, 15) is 5.11 Å². The summed E-state index contributed by atoms with van der Waals surface area (Å²) in [6.45, 7) is 0. The fourth-order valence-electron chi connectivity index (χ4n) is 2.28. The minimum atomic E-state index is -0.189. The molecule has 0 bridgehead atoms. The van der Waals surface area contributed by atoms with Crippen LogP contribution in [-0.4, -0.2) is 18.3 Å². The molecule has 1 aromatic carbocycles. The molecule has 0 aromatic heterocycles. The van der Waals surface area contributed by atoms with E-state index >= 15 is 0 Å². The highest BCUT2D eigenvalue weighted by Gasteiger charge is 2.28. The van der Waals surface area contributed by atoms with E-state index in [1.807, 2.05) is 18.2 Å². The van der Waals surface area contributed by atoms with Gasteiger partial charge in [-0.2, -0.15) is 0 Å². The first-order chi connectivity index (χ1) is 6.83. The maximum atomic E-state index is 9.81. The van der Waals surface area contributed by atoms with Gasteiger partial charge in [-0.3, -0.25) is 0 Å². The highest BCUT2D eigenvalue weighted by Crippen LogP contribution is 2.38. The van der Waals surface area contributed by atoms with E-state index in [1.54, 1.807) is 7.11 Å². The summed E-state index contributed by atoms with van der Waals surface area (Å²) in [6.07, 6.45) is 2.92. The lowest BCUT2D eigenvalue weighted by molar-refractivity contribution is 0.162. The highest BCUT2D eigenvalue weighted by atomic mass is 16.5. The molecule has 14 heavy (non-hydrogen) atoms. The van der Waals surface area contributed by atoms with E-state index in [0.29, 0.717) is 0 Å². The Bertz CT molecular complexity index is 309. The van der Waals surface area contributed by atoms with Crippen molar-refractivity contribution in [3.63, 3.8) is 0 Å². The van der Waals surface area contributed by atoms with Crippen LogP contribution in [-0.2, 0) is 0 Å². The normalized spacial score (nSPS) is 26.4. The van der Waals surface area contributed by atoms with Crippen LogP contribution in [0.3, 0.4) is 0 Å². The van der Waals surface area contributed by atoms with Crippen molar-refractivity contribution in [1.82, 2.24) is 0 Å². The molecule has 1 fully saturated rings. The Kier molecular flexibility index (Phi) is 2.73. The van der Waals surface area contributed by atoms with Crippen molar-refractivity contribution in [1.29, 1.82) is 0 Å². The van der Waals surface area contributed by atoms with Gasteiger partial charge in [-0.25, -0.2) is 0 Å². The van der Waals surface area contributed by atoms with Crippen molar-refractivity contribution in [2.75, 3.05) is 7.11 Å². The molecule has 0 radical (unpaired) electrons. The number of ether oxygens (including phenoxy) is 1. The quantitative estimate of drug-likeness (QED) is 0.779. The molecular formula is C12H16O2. The molecular weight excluding hydrogens is 176 g/mol. The third-order valence-corrected chi connectivity index (χ3v) is 3.02. The van der Waals surface area contributed by atoms with Gasteiger partial charge in [0.05, 0.1) is 13.2 Å². The largest absolute Gasteiger partial charge is 0.496 e. The first-order valence-corrected chi connectivity index (χ1v) is 5.14. The molecule has 76 valence electrons. The van der Waals surface area contributed by atoms with Gasteiger partial charge in [-0.1, -0.05) is 24.6 Å². The number of hydrogen-bond acceptors (Lipinski definition) is 2. The summed E-state index contributed by atoms with van der Waals surface area (Å²) in [6, 6.07) is 7.98. The number of hydrogen-bond donors (Lipinski definition) is 1. The molecule has 1 aliphatic carbocycles. The van der Waals surface area contributed by atoms with Crippen molar-refractivity contribution in [2.24, 2.45) is 0 Å². The standard InChI is InChI=1S/C12H16O2/c1-14-12-8-3-2-5-10(12)9-6-4-7-11(9)13/h2-3,5,8-9,11,13H,4,6-7H2,1H3/t9-,11-/m0/s1. The average molecular weight is 192 g/mol. The Morgan fingerprint density at radius 1 is 1.29 bits per heavy atom. The fraction of sp³-hybridized carbons (Fsp3) is 0.500. The third-order valence-electron chi connectivity index (χ3n) is 3.02. The maximum Gasteiger partial charge on any atom is 0.122 e. The van der Waals surface area contributed by atoms with Crippen LogP contribution in [0.2, 0.25) is 0 Å². The molecule has 1 saturated carbocycles. The van der Waals surface area contributed by atoms with Gasteiger partial charge in [0.25, 0.3) is 0 Å². The minimum Gasteiger partial charge on any atom is -0.496 e. The van der Waals surface area contributed by atoms with E-state index < -0.39 is 0 Å². The highest BCUT2D eigenvalue weighted by molar-refractivity contribution is 5.37. The summed E-state index contributed by atoms with van der Waals surface area (Å²) in [4.78, 5) is 0. The number of rotatable bonds is 2. The van der Waals surface area contributed by atoms with Crippen molar-refractivity contribution < 1.29 is 9.84 Å². The summed E-state index contributed by atoms with van der Waals surface area (Å²) >= 11 is 0. The van der Waals surface area contributed by atoms with E-state index in [0.717, 1.165) is 30.6 Å². The lowest BCUT2D eigenvalue weighted by atomic mass is 9.95. The number of benzene rings is 1. The Morgan fingerprint density at radius 3 is 2.71 bits per heavy atom. The van der Waals surface area contributed by atoms with E-state index in [4.69, 9.17) is 4.74 Å². The Morgan fingerprint density at radius 2 is 2.07 bits per heavy atom. The molecule has 1 aliphatic rings. The molecule has 0 unspecified atom stereocenters. The summed E-state index contributed by atoms with van der Waals surface area (Å²) in [5.74, 6) is 1.17. The molecule has 0 aliphatic heterocycles. The van der Waals surface area contributed by atoms with Gasteiger partial charge in [-0.15, -0.1) is 0 Å². The number of para-hydroxylation sites is 1. The molecule has 0 saturated heterocycles. The zero-order valence-electron chi connectivity index (χ0n) is 8.44. The molecule has 2 heteroatoms. The lowest BCUT2D eigenvalue weighted by Crippen LogP contribution is -2.11. The lowest BCUT2D eigenvalue weighted by Gasteiger charge is -2.17. The molecule has 2 nitrogen and oxygen atoms in total. The van der Waals surface area contributed by atoms with Crippen molar-refractivity contribution >= 4 is 0 Å². The predicted octanol–water partition coefficient (Wildman–Crippen LogP) is 2.32. The fourth-order valence-corrected chi connectivity index (χ4v) is 2.28. The second kappa shape index (κ2) is 4.01. The van der Waals surface area contributed by atoms with Crippen LogP contribution in [0.15, 0.2) is 24.3 Å². The van der Waals surface area contributed by atoms with Crippen LogP contribution in [0.4, 0.5) is 0 Å². The van der Waals surface area contributed by atoms with Crippen LogP contribution < -0.4 is 4.74 Å². The summed E-state index contributed by atoms with van der Waals surface area (Å²) in [7, 11) is 1.68. The summed E-state index contributed by atoms with van der Waals surface area (Å²) < 4.78 is 5.29. The Hall–Kier alpha value is -1.02. The molecule has 1 N–H and O–H groups in total. The van der Waals surface area contributed by atoms with Gasteiger partial charge in [0.15, 0.2) is 0 Å². The minimum absolute atomic E-state index is 0.189. The third kappa shape index (κ3) is 1.62. The first-order valence-electron chi connectivity index (χ1n) is 5.14. The zero-order chi connectivity index (χ0) is 9.97. The zero-order valence-corrected chi connectivity index (χ0v) is 8.44. The topological polar surface area (TPSA) is 29.5 Å². The van der Waals surface area contributed by atoms with E-state index in [-0.39, 0.29) is 12.0 Å². The molecule has 0 heterocycles. The second-order valence-corrected chi connectivity index (χ2v) is 3.85. The summed E-state index contributed by atoms with van der Waals surface area (Å²) in [5.41, 5.74) is 1.15. The maximum absolute atomic E-state index is 9.81. The van der Waals surface area contributed by atoms with Crippen LogP contribution >= 0.6 is 0 Å². The van der Waals surface area contributed by atoms with Crippen molar-refractivity contribution in [2.45, 2.75) is 31.3 Å². The number of aliphatic hydroxyl groups is 1. The van der Waals surface area contributed by atoms with Gasteiger partial charge in [0.1, 0.15) is 5.75 Å². The Balaban J connectivity index is 2.30. The second-order valence-electron chi connectivity index (χ2n) is 3.85. The van der Waals surface area contributed by atoms with Crippen LogP contribution in [0.1, 0.15) is 30.7 Å². The van der Waals surface area contributed by atoms with E-state index in [2.05, 4.69) is 6.07 Å². The first kappa shape index (κ1) is 9.53. The molecule has 2 rings (SSSR count). The number of aliphatic hydroxyl groups excluding tert-OH is 1. The van der Waals surface area contributed by atoms with Gasteiger partial charge >= 0.3 is 0 Å². The van der Waals surface area contributed by atoms with E-state index in [1.165, 1.54) is 0 Å². The van der Waals surface area contributed by atoms with Crippen LogP contribution in [0, 0.1) is 0 Å². The molecule has 0 amide bonds. The van der Waals surface area contributed by atoms with Gasteiger partial charge < -0.3 is 9.84 Å². The predicted molar refractivity (Wildman–Crippen MR) is 55.6 cm³/mol. The van der Waals surface area contributed by atoms with Gasteiger partial charge in [0.2, 0.25) is 0 Å². The Labute approximate surface area is 84.5 Å². The van der Waals surface area contributed by atoms with Gasteiger partial charge in [-0.05, 0) is 24.5 Å². The smallest absolute Gasteiger partial charge is 0.122 e. The van der Waals surface area contributed by atoms with Gasteiger partial charge in [0, 0.05) is 5.92 Å². The molecule has 1 aromatic rings. The van der Waals surface area contributed by atoms with Crippen molar-refractivity contribution in [3.8, 4) is 5.75 Å². The number of methoxy groups -OCH3 is 1. The average Bonchev–Trinajstić information content (AvgIpc) is 2.64. The molecule has 0 spiro atoms. The molecule has 2 atom stereocenters. The van der Waals surface area contributed by atoms with Crippen LogP contribution in [0.5, 0.6) is 5.75 Å².